The number of nitrogens with zero attached hydrogens (tertiary/aromatic N) is 1. The van der Waals surface area contributed by atoms with Crippen LogP contribution in [-0.4, -0.2) is 67.9 Å². The highest BCUT2D eigenvalue weighted by atomic mass is 32.2. The van der Waals surface area contributed by atoms with Gasteiger partial charge in [0.05, 0.1) is 6.61 Å². The van der Waals surface area contributed by atoms with Crippen LogP contribution in [0.1, 0.15) is 13.2 Å². The Bertz CT molecular complexity index is 852. The number of ether oxygens (including phenoxy) is 1. The Morgan fingerprint density at radius 2 is 2.11 bits per heavy atom. The molecule has 1 aromatic rings. The summed E-state index contributed by atoms with van der Waals surface area (Å²) >= 11 is 0.883. The van der Waals surface area contributed by atoms with Crippen LogP contribution in [-0.2, 0) is 13.7 Å². The minimum atomic E-state index is -1.82. The molecule has 2 aliphatic rings. The van der Waals surface area contributed by atoms with Crippen molar-refractivity contribution in [2.75, 3.05) is 12.4 Å². The molecule has 13 heteroatoms. The van der Waals surface area contributed by atoms with E-state index in [0.717, 1.165) is 28.9 Å². The summed E-state index contributed by atoms with van der Waals surface area (Å²) in [6, 6.07) is -0.216. The first-order valence-corrected chi connectivity index (χ1v) is 8.84. The van der Waals surface area contributed by atoms with Crippen molar-refractivity contribution in [3.05, 3.63) is 33.1 Å². The Morgan fingerprint density at radius 3 is 2.74 bits per heavy atom. The van der Waals surface area contributed by atoms with Crippen LogP contribution in [0.4, 0.5) is 4.79 Å². The van der Waals surface area contributed by atoms with E-state index in [9.17, 15) is 29.4 Å². The van der Waals surface area contributed by atoms with Gasteiger partial charge in [0, 0.05) is 18.0 Å². The first-order chi connectivity index (χ1) is 12.7. The lowest BCUT2D eigenvalue weighted by atomic mass is 9.96. The molecule has 0 saturated carbocycles. The Balaban J connectivity index is 1.59. The van der Waals surface area contributed by atoms with Crippen LogP contribution in [0.5, 0.6) is 0 Å². The van der Waals surface area contributed by atoms with E-state index in [1.54, 1.807) is 0 Å². The second-order valence-corrected chi connectivity index (χ2v) is 7.10. The van der Waals surface area contributed by atoms with Crippen molar-refractivity contribution < 1.29 is 28.7 Å². The van der Waals surface area contributed by atoms with Gasteiger partial charge in [-0.05, 0) is 19.0 Å². The third kappa shape index (κ3) is 3.91. The van der Waals surface area contributed by atoms with E-state index in [1.165, 1.54) is 6.92 Å². The molecule has 1 aromatic heterocycles. The lowest BCUT2D eigenvalue weighted by molar-refractivity contribution is -0.119. The van der Waals surface area contributed by atoms with Crippen LogP contribution < -0.4 is 21.9 Å². The number of aromatic nitrogens is 2. The number of H-pyrrole nitrogens is 1. The van der Waals surface area contributed by atoms with Crippen molar-refractivity contribution in [1.82, 2.24) is 20.2 Å². The molecule has 27 heavy (non-hydrogen) atoms. The van der Waals surface area contributed by atoms with Gasteiger partial charge in [0.1, 0.15) is 23.9 Å². The number of hydrogen-bond acceptors (Lipinski definition) is 9. The largest absolute Gasteiger partial charge is 0.387 e. The molecule has 5 atom stereocenters. The number of carbonyl (C=O) groups excluding carboxylic acids is 2. The Labute approximate surface area is 156 Å². The lowest BCUT2D eigenvalue weighted by Crippen LogP contribution is -2.46. The minimum Gasteiger partial charge on any atom is -0.387 e. The number of imide groups is 1. The summed E-state index contributed by atoms with van der Waals surface area (Å²) in [7, 11) is 0. The van der Waals surface area contributed by atoms with E-state index in [2.05, 4.69) is 10.6 Å². The van der Waals surface area contributed by atoms with Gasteiger partial charge in [-0.15, -0.1) is 0 Å². The number of aliphatic hydroxyl groups is 2. The maximum Gasteiger partial charge on any atom is 0.330 e. The first kappa shape index (κ1) is 19.6. The third-order valence-electron chi connectivity index (χ3n) is 4.27. The quantitative estimate of drug-likeness (QED) is 0.195. The summed E-state index contributed by atoms with van der Waals surface area (Å²) in [6.45, 7) is 1.14. The van der Waals surface area contributed by atoms with Gasteiger partial charge in [-0.3, -0.25) is 24.5 Å². The molecular formula is C14H18N4O8S. The maximum atomic E-state index is 11.9. The van der Waals surface area contributed by atoms with Gasteiger partial charge in [-0.25, -0.2) is 9.59 Å². The number of amides is 3. The zero-order valence-electron chi connectivity index (χ0n) is 14.1. The van der Waals surface area contributed by atoms with Crippen molar-refractivity contribution in [3.63, 3.8) is 0 Å². The fourth-order valence-electron chi connectivity index (χ4n) is 2.80. The Kier molecular flexibility index (Phi) is 5.39. The molecule has 0 radical (unpaired) electrons. The van der Waals surface area contributed by atoms with E-state index in [4.69, 9.17) is 8.92 Å². The molecule has 0 spiro atoms. The fourth-order valence-corrected chi connectivity index (χ4v) is 3.49. The van der Waals surface area contributed by atoms with E-state index >= 15 is 0 Å². The summed E-state index contributed by atoms with van der Waals surface area (Å²) in [5, 5.41) is 25.3. The molecular weight excluding hydrogens is 384 g/mol. The predicted molar refractivity (Wildman–Crippen MR) is 90.7 cm³/mol. The topological polar surface area (TPSA) is 172 Å². The average molecular weight is 402 g/mol. The first-order valence-electron chi connectivity index (χ1n) is 7.93. The van der Waals surface area contributed by atoms with Crippen LogP contribution in [0.15, 0.2) is 21.9 Å². The van der Waals surface area contributed by atoms with Crippen LogP contribution in [0.3, 0.4) is 0 Å². The van der Waals surface area contributed by atoms with Crippen molar-refractivity contribution in [2.45, 2.75) is 37.0 Å². The second kappa shape index (κ2) is 7.44. The lowest BCUT2D eigenvalue weighted by Gasteiger charge is -2.27. The molecule has 12 nitrogen and oxygen atoms in total. The number of urea groups is 1. The van der Waals surface area contributed by atoms with Crippen LogP contribution >= 0.6 is 12.0 Å². The van der Waals surface area contributed by atoms with E-state index in [-0.39, 0.29) is 12.4 Å². The molecule has 2 saturated heterocycles. The molecule has 0 aliphatic carbocycles. The SMILES string of the molecule is C[C@@]1(O)[C@H](O)[C@@H](COSCC2NC(=O)NC2=O)O[C@H]1n1ccc(=O)[nH]c1=O. The average Bonchev–Trinajstić information content (AvgIpc) is 3.02. The molecule has 1 unspecified atom stereocenters. The minimum absolute atomic E-state index is 0.138. The van der Waals surface area contributed by atoms with Gasteiger partial charge in [0.25, 0.3) is 11.5 Å². The monoisotopic (exact) mass is 402 g/mol. The van der Waals surface area contributed by atoms with Crippen molar-refractivity contribution in [1.29, 1.82) is 0 Å². The molecule has 0 aromatic carbocycles. The molecule has 148 valence electrons. The van der Waals surface area contributed by atoms with Crippen LogP contribution in [0.2, 0.25) is 0 Å². The number of nitrogens with one attached hydrogen (secondary N) is 3. The fraction of sp³-hybridized carbons (Fsp3) is 0.571. The Morgan fingerprint density at radius 1 is 1.37 bits per heavy atom. The molecule has 3 amide bonds. The highest BCUT2D eigenvalue weighted by Gasteiger charge is 2.53. The van der Waals surface area contributed by atoms with Gasteiger partial charge in [-0.2, -0.15) is 0 Å². The Hall–Kier alpha value is -2.19. The number of rotatable bonds is 6. The summed E-state index contributed by atoms with van der Waals surface area (Å²) in [4.78, 5) is 47.6. The zero-order valence-corrected chi connectivity index (χ0v) is 14.9. The third-order valence-corrected chi connectivity index (χ3v) is 5.04. The van der Waals surface area contributed by atoms with Crippen LogP contribution in [0, 0.1) is 0 Å². The van der Waals surface area contributed by atoms with Gasteiger partial charge in [-0.1, -0.05) is 0 Å². The smallest absolute Gasteiger partial charge is 0.330 e. The molecule has 3 heterocycles. The molecule has 2 aliphatic heterocycles. The molecule has 3 rings (SSSR count). The predicted octanol–water partition coefficient (Wildman–Crippen LogP) is -2.58. The van der Waals surface area contributed by atoms with E-state index < -0.39 is 53.3 Å². The molecule has 5 N–H and O–H groups in total. The summed E-state index contributed by atoms with van der Waals surface area (Å²) < 4.78 is 11.8. The van der Waals surface area contributed by atoms with E-state index in [0.29, 0.717) is 0 Å². The van der Waals surface area contributed by atoms with Gasteiger partial charge < -0.3 is 24.4 Å². The standard InChI is InChI=1S/C14H18N4O8S/c1-14(24)9(20)7(4-25-27-5-6-10(21)17-12(22)15-6)26-11(14)18-3-2-8(19)16-13(18)23/h2-3,6-7,9,11,20,24H,4-5H2,1H3,(H,16,19,23)(H2,15,17,21,22)/t6?,7-,9-,11-,14-/m1/s1. The number of carbonyl (C=O) groups is 2. The number of hydrogen-bond donors (Lipinski definition) is 5. The summed E-state index contributed by atoms with van der Waals surface area (Å²) in [6.07, 6.45) is -2.43. The highest BCUT2D eigenvalue weighted by molar-refractivity contribution is 7.94. The number of aromatic amines is 1. The van der Waals surface area contributed by atoms with E-state index in [1.807, 2.05) is 4.98 Å². The number of aliphatic hydroxyl groups excluding tert-OH is 1. The van der Waals surface area contributed by atoms with Crippen molar-refractivity contribution in [2.24, 2.45) is 0 Å². The van der Waals surface area contributed by atoms with Crippen molar-refractivity contribution >= 4 is 24.0 Å². The normalized spacial score (nSPS) is 33.1. The summed E-state index contributed by atoms with van der Waals surface area (Å²) in [5.74, 6) is -0.326. The molecule has 0 bridgehead atoms. The summed E-state index contributed by atoms with van der Waals surface area (Å²) in [5.41, 5.74) is -3.22. The van der Waals surface area contributed by atoms with Crippen LogP contribution in [0.25, 0.3) is 0 Å². The van der Waals surface area contributed by atoms with Gasteiger partial charge >= 0.3 is 11.7 Å². The zero-order chi connectivity index (χ0) is 19.8. The van der Waals surface area contributed by atoms with Gasteiger partial charge in [0.15, 0.2) is 6.23 Å². The van der Waals surface area contributed by atoms with Crippen molar-refractivity contribution in [3.8, 4) is 0 Å². The highest BCUT2D eigenvalue weighted by Crippen LogP contribution is 2.37. The van der Waals surface area contributed by atoms with Gasteiger partial charge in [0.2, 0.25) is 0 Å². The second-order valence-electron chi connectivity index (χ2n) is 6.30. The molecule has 2 fully saturated rings. The maximum absolute atomic E-state index is 11.9.